The van der Waals surface area contributed by atoms with Gasteiger partial charge in [0.1, 0.15) is 16.5 Å². The number of hydrogen-bond acceptors (Lipinski definition) is 5. The fourth-order valence-electron chi connectivity index (χ4n) is 5.19. The summed E-state index contributed by atoms with van der Waals surface area (Å²) in [6.07, 6.45) is 8.65. The van der Waals surface area contributed by atoms with E-state index in [2.05, 4.69) is 4.90 Å². The minimum Gasteiger partial charge on any atom is -0.352 e. The Morgan fingerprint density at radius 1 is 1.00 bits per heavy atom. The number of hydrogen-bond donors (Lipinski definition) is 0. The van der Waals surface area contributed by atoms with Crippen LogP contribution >= 0.6 is 11.3 Å². The average molecular weight is 447 g/mol. The van der Waals surface area contributed by atoms with Crippen molar-refractivity contribution in [3.8, 4) is 0 Å². The van der Waals surface area contributed by atoms with Crippen molar-refractivity contribution in [2.24, 2.45) is 0 Å². The van der Waals surface area contributed by atoms with E-state index < -0.39 is 0 Å². The molecule has 0 atom stereocenters. The molecule has 5 nitrogen and oxygen atoms in total. The van der Waals surface area contributed by atoms with Crippen molar-refractivity contribution in [2.45, 2.75) is 57.8 Å². The van der Waals surface area contributed by atoms with Gasteiger partial charge < -0.3 is 9.80 Å². The maximum Gasteiger partial charge on any atom is 0.254 e. The summed E-state index contributed by atoms with van der Waals surface area (Å²) in [4.78, 5) is 30.5. The summed E-state index contributed by atoms with van der Waals surface area (Å²) >= 11 is 1.91. The van der Waals surface area contributed by atoms with Crippen LogP contribution in [0.3, 0.4) is 0 Å². The largest absolute Gasteiger partial charge is 0.352 e. The molecule has 1 aromatic carbocycles. The quantitative estimate of drug-likeness (QED) is 0.525. The van der Waals surface area contributed by atoms with Crippen molar-refractivity contribution in [2.75, 3.05) is 31.1 Å². The molecule has 3 aromatic rings. The first-order valence-corrected chi connectivity index (χ1v) is 12.9. The van der Waals surface area contributed by atoms with Crippen molar-refractivity contribution in [3.05, 3.63) is 51.7 Å². The normalized spacial score (nSPS) is 19.2. The molecule has 6 heteroatoms. The van der Waals surface area contributed by atoms with Gasteiger partial charge in [-0.2, -0.15) is 0 Å². The summed E-state index contributed by atoms with van der Waals surface area (Å²) in [5.41, 5.74) is 3.38. The number of aryl methyl sites for hydroxylation is 3. The number of fused-ring (bicyclic) bond motifs is 3. The van der Waals surface area contributed by atoms with Gasteiger partial charge in [-0.05, 0) is 62.6 Å². The summed E-state index contributed by atoms with van der Waals surface area (Å²) in [5, 5.41) is 1.31. The Morgan fingerprint density at radius 2 is 1.78 bits per heavy atom. The zero-order valence-electron chi connectivity index (χ0n) is 18.8. The Hall–Kier alpha value is -2.47. The second-order valence-corrected chi connectivity index (χ2v) is 10.6. The predicted molar refractivity (Wildman–Crippen MR) is 130 cm³/mol. The number of amides is 1. The van der Waals surface area contributed by atoms with E-state index in [1.54, 1.807) is 0 Å². The summed E-state index contributed by atoms with van der Waals surface area (Å²) in [5.74, 6) is 2.88. The molecule has 3 heterocycles. The highest BCUT2D eigenvalue weighted by molar-refractivity contribution is 7.19. The Labute approximate surface area is 193 Å². The van der Waals surface area contributed by atoms with Crippen molar-refractivity contribution < 1.29 is 4.79 Å². The Balaban J connectivity index is 1.31. The van der Waals surface area contributed by atoms with E-state index in [0.717, 1.165) is 55.4 Å². The molecule has 6 rings (SSSR count). The summed E-state index contributed by atoms with van der Waals surface area (Å²) in [6.45, 7) is 5.16. The average Bonchev–Trinajstić information content (AvgIpc) is 3.64. The standard InChI is InChI=1S/C26H30N4OS/c1-17-7-5-6-8-19(17)26(31)30-15-13-29(14-16-30)24-22-20-9-3-2-4-10-21(20)32-25(22)28-23(27-24)18-11-12-18/h5-8,18H,2-4,9-16H2,1H3. The summed E-state index contributed by atoms with van der Waals surface area (Å²) in [6, 6.07) is 7.91. The van der Waals surface area contributed by atoms with E-state index in [1.165, 1.54) is 59.2 Å². The molecule has 3 aliphatic rings. The fourth-order valence-corrected chi connectivity index (χ4v) is 6.45. The number of benzene rings is 1. The number of anilines is 1. The number of rotatable bonds is 3. The van der Waals surface area contributed by atoms with Crippen LogP contribution < -0.4 is 4.90 Å². The van der Waals surface area contributed by atoms with E-state index in [9.17, 15) is 4.79 Å². The van der Waals surface area contributed by atoms with Crippen LogP contribution in [0.15, 0.2) is 24.3 Å². The maximum absolute atomic E-state index is 13.1. The lowest BCUT2D eigenvalue weighted by Gasteiger charge is -2.36. The number of thiophene rings is 1. The minimum absolute atomic E-state index is 0.152. The van der Waals surface area contributed by atoms with Crippen molar-refractivity contribution in [3.63, 3.8) is 0 Å². The molecular formula is C26H30N4OS. The first kappa shape index (κ1) is 20.2. The maximum atomic E-state index is 13.1. The third-order valence-corrected chi connectivity index (χ3v) is 8.43. The Bertz CT molecular complexity index is 1170. The van der Waals surface area contributed by atoms with Gasteiger partial charge in [0.25, 0.3) is 5.91 Å². The molecule has 32 heavy (non-hydrogen) atoms. The third kappa shape index (κ3) is 3.58. The first-order chi connectivity index (χ1) is 15.7. The molecule has 2 aliphatic carbocycles. The van der Waals surface area contributed by atoms with Crippen LogP contribution in [-0.2, 0) is 12.8 Å². The van der Waals surface area contributed by atoms with Gasteiger partial charge in [0.2, 0.25) is 0 Å². The predicted octanol–water partition coefficient (Wildman–Crippen LogP) is 5.11. The lowest BCUT2D eigenvalue weighted by atomic mass is 10.1. The van der Waals surface area contributed by atoms with Crippen LogP contribution in [0.5, 0.6) is 0 Å². The highest BCUT2D eigenvalue weighted by Gasteiger charge is 2.32. The molecule has 0 N–H and O–H groups in total. The Kier molecular flexibility index (Phi) is 5.13. The van der Waals surface area contributed by atoms with Gasteiger partial charge >= 0.3 is 0 Å². The van der Waals surface area contributed by atoms with Crippen LogP contribution in [-0.4, -0.2) is 47.0 Å². The molecule has 1 saturated heterocycles. The third-order valence-electron chi connectivity index (χ3n) is 7.25. The van der Waals surface area contributed by atoms with Crippen LogP contribution in [0.4, 0.5) is 5.82 Å². The number of nitrogens with zero attached hydrogens (tertiary/aromatic N) is 4. The van der Waals surface area contributed by atoms with Gasteiger partial charge in [-0.1, -0.05) is 24.6 Å². The lowest BCUT2D eigenvalue weighted by molar-refractivity contribution is 0.0746. The zero-order valence-corrected chi connectivity index (χ0v) is 19.6. The molecular weight excluding hydrogens is 416 g/mol. The molecule has 2 fully saturated rings. The monoisotopic (exact) mass is 446 g/mol. The molecule has 1 aliphatic heterocycles. The minimum atomic E-state index is 0.152. The van der Waals surface area contributed by atoms with Gasteiger partial charge in [0.15, 0.2) is 0 Å². The molecule has 0 bridgehead atoms. The van der Waals surface area contributed by atoms with Crippen LogP contribution in [0.1, 0.15) is 70.2 Å². The molecule has 0 radical (unpaired) electrons. The SMILES string of the molecule is Cc1ccccc1C(=O)N1CCN(c2nc(C3CC3)nc3sc4c(c23)CCCCC4)CC1. The first-order valence-electron chi connectivity index (χ1n) is 12.1. The van der Waals surface area contributed by atoms with Crippen molar-refractivity contribution in [1.82, 2.24) is 14.9 Å². The smallest absolute Gasteiger partial charge is 0.254 e. The topological polar surface area (TPSA) is 49.3 Å². The fraction of sp³-hybridized carbons (Fsp3) is 0.500. The number of carbonyl (C=O) groups is 1. The van der Waals surface area contributed by atoms with Crippen molar-refractivity contribution >= 4 is 33.3 Å². The van der Waals surface area contributed by atoms with Crippen LogP contribution in [0, 0.1) is 6.92 Å². The Morgan fingerprint density at radius 3 is 2.56 bits per heavy atom. The zero-order chi connectivity index (χ0) is 21.7. The summed E-state index contributed by atoms with van der Waals surface area (Å²) < 4.78 is 0. The molecule has 0 unspecified atom stereocenters. The van der Waals surface area contributed by atoms with E-state index in [-0.39, 0.29) is 5.91 Å². The summed E-state index contributed by atoms with van der Waals surface area (Å²) in [7, 11) is 0. The van der Waals surface area contributed by atoms with Gasteiger partial charge in [-0.3, -0.25) is 4.79 Å². The van der Waals surface area contributed by atoms with Gasteiger partial charge in [0, 0.05) is 42.5 Å². The molecule has 0 spiro atoms. The second-order valence-electron chi connectivity index (χ2n) is 9.52. The molecule has 2 aromatic heterocycles. The highest BCUT2D eigenvalue weighted by atomic mass is 32.1. The molecule has 1 saturated carbocycles. The van der Waals surface area contributed by atoms with Crippen molar-refractivity contribution in [1.29, 1.82) is 0 Å². The van der Waals surface area contributed by atoms with Gasteiger partial charge in [-0.25, -0.2) is 9.97 Å². The molecule has 166 valence electrons. The van der Waals surface area contributed by atoms with Gasteiger partial charge in [0.05, 0.1) is 5.39 Å². The second kappa shape index (κ2) is 8.14. The van der Waals surface area contributed by atoms with E-state index in [0.29, 0.717) is 5.92 Å². The number of piperazine rings is 1. The van der Waals surface area contributed by atoms with E-state index >= 15 is 0 Å². The highest BCUT2D eigenvalue weighted by Crippen LogP contribution is 2.44. The van der Waals surface area contributed by atoms with Gasteiger partial charge in [-0.15, -0.1) is 11.3 Å². The van der Waals surface area contributed by atoms with Crippen LogP contribution in [0.2, 0.25) is 0 Å². The number of carbonyl (C=O) groups excluding carboxylic acids is 1. The van der Waals surface area contributed by atoms with Crippen LogP contribution in [0.25, 0.3) is 10.2 Å². The molecule has 1 amide bonds. The van der Waals surface area contributed by atoms with E-state index in [1.807, 2.05) is 47.4 Å². The lowest BCUT2D eigenvalue weighted by Crippen LogP contribution is -2.49. The number of aromatic nitrogens is 2. The van der Waals surface area contributed by atoms with E-state index in [4.69, 9.17) is 9.97 Å².